The van der Waals surface area contributed by atoms with Crippen LogP contribution in [-0.4, -0.2) is 0 Å². The molecule has 3 aromatic carbocycles. The molecule has 0 radical (unpaired) electrons. The predicted molar refractivity (Wildman–Crippen MR) is 159 cm³/mol. The fourth-order valence-electron chi connectivity index (χ4n) is 4.83. The van der Waals surface area contributed by atoms with Gasteiger partial charge in [-0.15, -0.1) is 0 Å². The second-order valence-electron chi connectivity index (χ2n) is 10.2. The van der Waals surface area contributed by atoms with Crippen molar-refractivity contribution in [3.63, 3.8) is 0 Å². The molecule has 0 fully saturated rings. The second-order valence-corrected chi connectivity index (χ2v) is 10.2. The number of benzene rings is 3. The molecule has 3 rings (SSSR count). The predicted octanol–water partition coefficient (Wildman–Crippen LogP) is 9.97. The van der Waals surface area contributed by atoms with Crippen molar-refractivity contribution in [3.05, 3.63) is 130 Å². The van der Waals surface area contributed by atoms with Crippen molar-refractivity contribution in [3.8, 4) is 0 Å². The minimum absolute atomic E-state index is 0.0422. The summed E-state index contributed by atoms with van der Waals surface area (Å²) in [6.07, 6.45) is 21.4. The third-order valence-electron chi connectivity index (χ3n) is 7.18. The summed E-state index contributed by atoms with van der Waals surface area (Å²) in [7, 11) is 0. The van der Waals surface area contributed by atoms with E-state index >= 15 is 0 Å². The maximum atomic E-state index is 14.4. The summed E-state index contributed by atoms with van der Waals surface area (Å²) in [6, 6.07) is 24.1. The molecule has 0 aliphatic heterocycles. The Morgan fingerprint density at radius 2 is 0.865 bits per heavy atom. The van der Waals surface area contributed by atoms with E-state index in [1.807, 2.05) is 19.1 Å². The molecule has 196 valence electrons. The smallest absolute Gasteiger partial charge is 0.126 e. The Labute approximate surface area is 225 Å². The van der Waals surface area contributed by atoms with E-state index in [4.69, 9.17) is 0 Å². The molecule has 0 aromatic heterocycles. The zero-order chi connectivity index (χ0) is 26.1. The molecule has 0 amide bonds. The van der Waals surface area contributed by atoms with Crippen molar-refractivity contribution >= 4 is 0 Å². The number of unbranched alkanes of at least 4 members (excludes halogenated alkanes) is 2. The van der Waals surface area contributed by atoms with Crippen molar-refractivity contribution in [2.75, 3.05) is 0 Å². The summed E-state index contributed by atoms with van der Waals surface area (Å²) >= 11 is 0. The molecule has 0 saturated heterocycles. The molecule has 3 aromatic rings. The number of rotatable bonds is 16. The van der Waals surface area contributed by atoms with Gasteiger partial charge in [-0.3, -0.25) is 0 Å². The SMILES string of the molecule is C/C=C/CCc1ccc(CCCCc2ccc(CCCCc3ccc(CC/C=C/C)cc3F)cc2)cc1. The number of aryl methyl sites for hydroxylation is 6. The molecule has 0 aliphatic carbocycles. The van der Waals surface area contributed by atoms with Crippen LogP contribution in [0, 0.1) is 5.82 Å². The third kappa shape index (κ3) is 10.9. The van der Waals surface area contributed by atoms with Crippen LogP contribution in [0.25, 0.3) is 0 Å². The first-order valence-corrected chi connectivity index (χ1v) is 14.3. The highest BCUT2D eigenvalue weighted by molar-refractivity contribution is 5.26. The van der Waals surface area contributed by atoms with Crippen LogP contribution in [0.15, 0.2) is 91.0 Å². The average molecular weight is 497 g/mol. The zero-order valence-electron chi connectivity index (χ0n) is 23.0. The summed E-state index contributed by atoms with van der Waals surface area (Å²) < 4.78 is 14.4. The second kappa shape index (κ2) is 16.7. The first-order chi connectivity index (χ1) is 18.2. The van der Waals surface area contributed by atoms with Gasteiger partial charge in [-0.05, 0) is 130 Å². The van der Waals surface area contributed by atoms with E-state index in [0.717, 1.165) is 75.3 Å². The van der Waals surface area contributed by atoms with Gasteiger partial charge in [0, 0.05) is 0 Å². The van der Waals surface area contributed by atoms with Crippen molar-refractivity contribution in [1.82, 2.24) is 0 Å². The Balaban J connectivity index is 1.30. The lowest BCUT2D eigenvalue weighted by atomic mass is 9.99. The van der Waals surface area contributed by atoms with Crippen LogP contribution >= 0.6 is 0 Å². The molecular formula is C36H45F. The van der Waals surface area contributed by atoms with Crippen molar-refractivity contribution in [1.29, 1.82) is 0 Å². The van der Waals surface area contributed by atoms with E-state index in [1.54, 1.807) is 6.07 Å². The lowest BCUT2D eigenvalue weighted by Gasteiger charge is -2.07. The topological polar surface area (TPSA) is 0 Å². The molecule has 0 atom stereocenters. The van der Waals surface area contributed by atoms with Crippen molar-refractivity contribution in [2.24, 2.45) is 0 Å². The van der Waals surface area contributed by atoms with Gasteiger partial charge in [-0.1, -0.05) is 85.0 Å². The van der Waals surface area contributed by atoms with Crippen molar-refractivity contribution in [2.45, 2.75) is 90.9 Å². The highest BCUT2D eigenvalue weighted by atomic mass is 19.1. The Morgan fingerprint density at radius 1 is 0.486 bits per heavy atom. The Kier molecular flexibility index (Phi) is 13.0. The molecule has 0 aliphatic rings. The molecule has 0 bridgehead atoms. The van der Waals surface area contributed by atoms with E-state index < -0.39 is 0 Å². The van der Waals surface area contributed by atoms with Crippen LogP contribution in [0.2, 0.25) is 0 Å². The maximum Gasteiger partial charge on any atom is 0.126 e. The quantitative estimate of drug-likeness (QED) is 0.137. The normalized spacial score (nSPS) is 11.6. The highest BCUT2D eigenvalue weighted by Crippen LogP contribution is 2.17. The average Bonchev–Trinajstić information content (AvgIpc) is 2.92. The fourth-order valence-corrected chi connectivity index (χ4v) is 4.83. The number of hydrogen-bond acceptors (Lipinski definition) is 0. The fraction of sp³-hybridized carbons (Fsp3) is 0.389. The van der Waals surface area contributed by atoms with Gasteiger partial charge < -0.3 is 0 Å². The van der Waals surface area contributed by atoms with Gasteiger partial charge in [0.25, 0.3) is 0 Å². The van der Waals surface area contributed by atoms with E-state index in [1.165, 1.54) is 35.1 Å². The van der Waals surface area contributed by atoms with Gasteiger partial charge in [-0.2, -0.15) is 0 Å². The summed E-state index contributed by atoms with van der Waals surface area (Å²) in [4.78, 5) is 0. The van der Waals surface area contributed by atoms with E-state index in [0.29, 0.717) is 0 Å². The Bertz CT molecular complexity index is 1090. The minimum Gasteiger partial charge on any atom is -0.207 e. The van der Waals surface area contributed by atoms with Gasteiger partial charge in [0.1, 0.15) is 5.82 Å². The molecule has 0 heterocycles. The minimum atomic E-state index is -0.0422. The van der Waals surface area contributed by atoms with E-state index in [2.05, 4.69) is 79.7 Å². The number of hydrogen-bond donors (Lipinski definition) is 0. The van der Waals surface area contributed by atoms with Gasteiger partial charge in [0.05, 0.1) is 0 Å². The first kappa shape index (κ1) is 28.6. The van der Waals surface area contributed by atoms with Crippen LogP contribution in [-0.2, 0) is 38.5 Å². The van der Waals surface area contributed by atoms with Crippen LogP contribution in [0.3, 0.4) is 0 Å². The maximum absolute atomic E-state index is 14.4. The van der Waals surface area contributed by atoms with E-state index in [9.17, 15) is 4.39 Å². The van der Waals surface area contributed by atoms with Crippen LogP contribution in [0.5, 0.6) is 0 Å². The highest BCUT2D eigenvalue weighted by Gasteiger charge is 2.04. The van der Waals surface area contributed by atoms with Gasteiger partial charge in [0.2, 0.25) is 0 Å². The molecule has 0 saturated carbocycles. The Hall–Kier alpha value is -2.93. The summed E-state index contributed by atoms with van der Waals surface area (Å²) in [5, 5.41) is 0. The molecule has 0 unspecified atom stereocenters. The standard InChI is InChI=1S/C36H45F/c1-3-5-7-13-30-19-21-31(22-20-30)14-9-10-15-32-23-25-33(26-24-32)16-11-12-18-35-28-27-34(29-36(35)37)17-8-6-4-2/h3-6,19-29H,7-18H2,1-2H3/b5-3+,6-4+. The third-order valence-corrected chi connectivity index (χ3v) is 7.18. The molecule has 0 spiro atoms. The lowest BCUT2D eigenvalue weighted by molar-refractivity contribution is 0.597. The monoisotopic (exact) mass is 496 g/mol. The van der Waals surface area contributed by atoms with E-state index in [-0.39, 0.29) is 5.82 Å². The molecule has 37 heavy (non-hydrogen) atoms. The zero-order valence-corrected chi connectivity index (χ0v) is 23.0. The van der Waals surface area contributed by atoms with Crippen LogP contribution in [0.1, 0.15) is 85.8 Å². The van der Waals surface area contributed by atoms with Crippen LogP contribution < -0.4 is 0 Å². The molecular weight excluding hydrogens is 451 g/mol. The molecule has 1 heteroatoms. The summed E-state index contributed by atoms with van der Waals surface area (Å²) in [6.45, 7) is 4.10. The summed E-state index contributed by atoms with van der Waals surface area (Å²) in [5.74, 6) is -0.0422. The molecule has 0 nitrogen and oxygen atoms in total. The number of allylic oxidation sites excluding steroid dienone is 4. The largest absolute Gasteiger partial charge is 0.207 e. The lowest BCUT2D eigenvalue weighted by Crippen LogP contribution is -1.95. The van der Waals surface area contributed by atoms with Crippen LogP contribution in [0.4, 0.5) is 4.39 Å². The number of halogens is 1. The Morgan fingerprint density at radius 3 is 1.30 bits per heavy atom. The van der Waals surface area contributed by atoms with Gasteiger partial charge in [0.15, 0.2) is 0 Å². The van der Waals surface area contributed by atoms with Gasteiger partial charge in [-0.25, -0.2) is 4.39 Å². The summed E-state index contributed by atoms with van der Waals surface area (Å²) in [5.41, 5.74) is 7.64. The van der Waals surface area contributed by atoms with Gasteiger partial charge >= 0.3 is 0 Å². The van der Waals surface area contributed by atoms with Crippen molar-refractivity contribution < 1.29 is 4.39 Å². The first-order valence-electron chi connectivity index (χ1n) is 14.3. The molecule has 0 N–H and O–H groups in total.